The molecule has 118 valence electrons. The molecule has 6 heteroatoms. The van der Waals surface area contributed by atoms with Gasteiger partial charge in [0.25, 0.3) is 5.91 Å². The van der Waals surface area contributed by atoms with Crippen LogP contribution in [0.3, 0.4) is 0 Å². The molecule has 2 rings (SSSR count). The van der Waals surface area contributed by atoms with Crippen molar-refractivity contribution >= 4 is 17.3 Å². The van der Waals surface area contributed by atoms with Crippen molar-refractivity contribution in [3.63, 3.8) is 0 Å². The van der Waals surface area contributed by atoms with Crippen LogP contribution in [0.5, 0.6) is 0 Å². The smallest absolute Gasteiger partial charge is 0.366 e. The summed E-state index contributed by atoms with van der Waals surface area (Å²) in [6.07, 6.45) is -4.42. The van der Waals surface area contributed by atoms with Crippen LogP contribution >= 0.6 is 0 Å². The average molecular weight is 310 g/mol. The molecule has 0 bridgehead atoms. The van der Waals surface area contributed by atoms with Crippen molar-refractivity contribution in [2.75, 3.05) is 5.32 Å². The van der Waals surface area contributed by atoms with Crippen LogP contribution in [0.1, 0.15) is 29.8 Å². The number of nitrogens with one attached hydrogen (secondary N) is 1. The van der Waals surface area contributed by atoms with E-state index in [9.17, 15) is 18.0 Å². The van der Waals surface area contributed by atoms with Gasteiger partial charge in [-0.1, -0.05) is 32.0 Å². The van der Waals surface area contributed by atoms with E-state index in [1.807, 2.05) is 13.8 Å². The van der Waals surface area contributed by atoms with E-state index in [1.54, 1.807) is 18.2 Å². The first kappa shape index (κ1) is 17.6. The quantitative estimate of drug-likeness (QED) is 0.872. The maximum Gasteiger partial charge on any atom is 0.416 e. The molecule has 0 spiro atoms. The fourth-order valence-corrected chi connectivity index (χ4v) is 1.74. The maximum atomic E-state index is 12.6. The van der Waals surface area contributed by atoms with Gasteiger partial charge in [-0.2, -0.15) is 13.2 Å². The van der Waals surface area contributed by atoms with Crippen molar-refractivity contribution in [2.24, 2.45) is 5.73 Å². The van der Waals surface area contributed by atoms with Crippen LogP contribution in [0.25, 0.3) is 0 Å². The Morgan fingerprint density at radius 3 is 2.27 bits per heavy atom. The number of benzene rings is 2. The Morgan fingerprint density at radius 2 is 1.68 bits per heavy atom. The topological polar surface area (TPSA) is 55.1 Å². The van der Waals surface area contributed by atoms with E-state index in [-0.39, 0.29) is 11.3 Å². The fourth-order valence-electron chi connectivity index (χ4n) is 1.74. The number of nitrogens with two attached hydrogens (primary N) is 1. The van der Waals surface area contributed by atoms with E-state index in [2.05, 4.69) is 5.32 Å². The van der Waals surface area contributed by atoms with Crippen LogP contribution in [0.2, 0.25) is 0 Å². The largest absolute Gasteiger partial charge is 0.416 e. The van der Waals surface area contributed by atoms with Gasteiger partial charge in [0.2, 0.25) is 0 Å². The second-order valence-corrected chi connectivity index (χ2v) is 4.11. The van der Waals surface area contributed by atoms with Crippen LogP contribution in [0.15, 0.2) is 48.5 Å². The van der Waals surface area contributed by atoms with Gasteiger partial charge in [-0.3, -0.25) is 4.79 Å². The Bertz CT molecular complexity index is 639. The van der Waals surface area contributed by atoms with Gasteiger partial charge >= 0.3 is 6.18 Å². The lowest BCUT2D eigenvalue weighted by Gasteiger charge is -2.12. The molecule has 2 aromatic carbocycles. The number of hydrogen-bond donors (Lipinski definition) is 2. The summed E-state index contributed by atoms with van der Waals surface area (Å²) in [5, 5.41) is 2.77. The number of para-hydroxylation sites is 1. The third kappa shape index (κ3) is 4.51. The third-order valence-corrected chi connectivity index (χ3v) is 2.66. The van der Waals surface area contributed by atoms with Crippen LogP contribution in [-0.4, -0.2) is 5.91 Å². The summed E-state index contributed by atoms with van der Waals surface area (Å²) in [5.74, 6) is -0.653. The first-order chi connectivity index (χ1) is 10.4. The normalized spacial score (nSPS) is 10.4. The lowest BCUT2D eigenvalue weighted by Crippen LogP contribution is -2.13. The molecular formula is C16H17F3N2O. The number of rotatable bonds is 3. The first-order valence-corrected chi connectivity index (χ1v) is 6.71. The van der Waals surface area contributed by atoms with Crippen LogP contribution in [0, 0.1) is 0 Å². The fraction of sp³-hybridized carbons (Fsp3) is 0.188. The number of hydrogen-bond acceptors (Lipinski definition) is 2. The van der Waals surface area contributed by atoms with Gasteiger partial charge in [0.05, 0.1) is 16.8 Å². The molecule has 3 N–H and O–H groups in total. The standard InChI is InChI=1S/C14H11F3N2O.C2H6/c15-14(16,17)9-4-3-5-10(8-9)19-12-7-2-1-6-11(12)13(18)20;1-2/h1-8,19H,(H2,18,20);1-2H3. The molecule has 0 saturated heterocycles. The summed E-state index contributed by atoms with van der Waals surface area (Å²) < 4.78 is 37.8. The van der Waals surface area contributed by atoms with E-state index in [0.29, 0.717) is 5.69 Å². The molecule has 0 heterocycles. The Kier molecular flexibility index (Phi) is 5.98. The Labute approximate surface area is 127 Å². The van der Waals surface area contributed by atoms with Gasteiger partial charge in [-0.15, -0.1) is 0 Å². The van der Waals surface area contributed by atoms with E-state index in [4.69, 9.17) is 5.73 Å². The zero-order valence-corrected chi connectivity index (χ0v) is 12.2. The van der Waals surface area contributed by atoms with E-state index in [0.717, 1.165) is 12.1 Å². The summed E-state index contributed by atoms with van der Waals surface area (Å²) in [6.45, 7) is 4.00. The van der Waals surface area contributed by atoms with E-state index >= 15 is 0 Å². The maximum absolute atomic E-state index is 12.6. The minimum atomic E-state index is -4.42. The summed E-state index contributed by atoms with van der Waals surface area (Å²) in [4.78, 5) is 11.2. The predicted octanol–water partition coefficient (Wildman–Crippen LogP) is 4.57. The summed E-state index contributed by atoms with van der Waals surface area (Å²) in [6, 6.07) is 11.1. The van der Waals surface area contributed by atoms with Gasteiger partial charge in [0, 0.05) is 5.69 Å². The van der Waals surface area contributed by atoms with Crippen molar-refractivity contribution in [1.29, 1.82) is 0 Å². The van der Waals surface area contributed by atoms with Gasteiger partial charge in [0.15, 0.2) is 0 Å². The molecule has 0 aliphatic heterocycles. The molecule has 3 nitrogen and oxygen atoms in total. The van der Waals surface area contributed by atoms with Crippen molar-refractivity contribution in [1.82, 2.24) is 0 Å². The highest BCUT2D eigenvalue weighted by atomic mass is 19.4. The van der Waals surface area contributed by atoms with Crippen molar-refractivity contribution < 1.29 is 18.0 Å². The number of amides is 1. The van der Waals surface area contributed by atoms with Gasteiger partial charge < -0.3 is 11.1 Å². The molecular weight excluding hydrogens is 293 g/mol. The zero-order chi connectivity index (χ0) is 16.8. The van der Waals surface area contributed by atoms with Gasteiger partial charge in [0.1, 0.15) is 0 Å². The number of halogens is 3. The second kappa shape index (κ2) is 7.49. The molecule has 0 aliphatic carbocycles. The van der Waals surface area contributed by atoms with Crippen LogP contribution in [-0.2, 0) is 6.18 Å². The molecule has 0 saturated carbocycles. The van der Waals surface area contributed by atoms with Gasteiger partial charge in [-0.25, -0.2) is 0 Å². The molecule has 0 unspecified atom stereocenters. The summed E-state index contributed by atoms with van der Waals surface area (Å²) in [5.41, 5.74) is 5.25. The van der Waals surface area contributed by atoms with Gasteiger partial charge in [-0.05, 0) is 30.3 Å². The SMILES string of the molecule is CC.NC(=O)c1ccccc1Nc1cccc(C(F)(F)F)c1. The number of carbonyl (C=O) groups excluding carboxylic acids is 1. The number of primary amides is 1. The highest BCUT2D eigenvalue weighted by Gasteiger charge is 2.30. The molecule has 0 aliphatic rings. The highest BCUT2D eigenvalue weighted by Crippen LogP contribution is 2.31. The molecule has 0 fully saturated rings. The molecule has 22 heavy (non-hydrogen) atoms. The minimum absolute atomic E-state index is 0.213. The van der Waals surface area contributed by atoms with E-state index < -0.39 is 17.6 Å². The van der Waals surface area contributed by atoms with Crippen molar-refractivity contribution in [3.05, 3.63) is 59.7 Å². The molecule has 0 radical (unpaired) electrons. The molecule has 0 aromatic heterocycles. The van der Waals surface area contributed by atoms with Crippen LogP contribution < -0.4 is 11.1 Å². The molecule has 1 amide bonds. The second-order valence-electron chi connectivity index (χ2n) is 4.11. The van der Waals surface area contributed by atoms with E-state index in [1.165, 1.54) is 18.2 Å². The first-order valence-electron chi connectivity index (χ1n) is 6.71. The van der Waals surface area contributed by atoms with Crippen LogP contribution in [0.4, 0.5) is 24.5 Å². The third-order valence-electron chi connectivity index (χ3n) is 2.66. The number of carbonyl (C=O) groups is 1. The summed E-state index contributed by atoms with van der Waals surface area (Å²) in [7, 11) is 0. The van der Waals surface area contributed by atoms with Crippen molar-refractivity contribution in [2.45, 2.75) is 20.0 Å². The van der Waals surface area contributed by atoms with Crippen molar-refractivity contribution in [3.8, 4) is 0 Å². The predicted molar refractivity (Wildman–Crippen MR) is 81.0 cm³/mol. The summed E-state index contributed by atoms with van der Waals surface area (Å²) >= 11 is 0. The average Bonchev–Trinajstić information content (AvgIpc) is 2.49. The Balaban J connectivity index is 0.00000116. The molecule has 2 aromatic rings. The Morgan fingerprint density at radius 1 is 1.05 bits per heavy atom. The number of anilines is 2. The lowest BCUT2D eigenvalue weighted by atomic mass is 10.1. The minimum Gasteiger partial charge on any atom is -0.366 e. The molecule has 0 atom stereocenters. The highest BCUT2D eigenvalue weighted by molar-refractivity contribution is 5.99. The zero-order valence-electron chi connectivity index (χ0n) is 12.2. The lowest BCUT2D eigenvalue weighted by molar-refractivity contribution is -0.137. The Hall–Kier alpha value is -2.50. The number of alkyl halides is 3. The monoisotopic (exact) mass is 310 g/mol.